The van der Waals surface area contributed by atoms with Crippen LogP contribution < -0.4 is 9.47 Å². The third-order valence-electron chi connectivity index (χ3n) is 3.72. The Bertz CT molecular complexity index is 902. The zero-order valence-corrected chi connectivity index (χ0v) is 14.3. The quantitative estimate of drug-likeness (QED) is 0.355. The molecular formula is C19H14ClFO4. The molecule has 0 fully saturated rings. The Hall–Kier alpha value is -2.66. The van der Waals surface area contributed by atoms with Crippen LogP contribution in [0.5, 0.6) is 11.5 Å². The van der Waals surface area contributed by atoms with Crippen molar-refractivity contribution in [2.75, 3.05) is 0 Å². The van der Waals surface area contributed by atoms with E-state index in [1.165, 1.54) is 37.3 Å². The summed E-state index contributed by atoms with van der Waals surface area (Å²) >= 11 is 5.70. The fraction of sp³-hybridized carbons (Fsp3) is 0.158. The highest BCUT2D eigenvalue weighted by Crippen LogP contribution is 2.39. The lowest BCUT2D eigenvalue weighted by atomic mass is 10.1. The Morgan fingerprint density at radius 3 is 2.76 bits per heavy atom. The van der Waals surface area contributed by atoms with Crippen molar-refractivity contribution in [2.24, 2.45) is 0 Å². The number of rotatable bonds is 3. The van der Waals surface area contributed by atoms with Gasteiger partial charge in [-0.15, -0.1) is 11.6 Å². The third kappa shape index (κ3) is 3.42. The number of alkyl halides is 1. The minimum atomic E-state index is -0.793. The first-order valence-electron chi connectivity index (χ1n) is 7.56. The number of halogens is 2. The minimum Gasteiger partial charge on any atom is -0.452 e. The van der Waals surface area contributed by atoms with Crippen LogP contribution in [0.3, 0.4) is 0 Å². The highest BCUT2D eigenvalue weighted by Gasteiger charge is 2.30. The molecule has 0 spiro atoms. The van der Waals surface area contributed by atoms with Crippen LogP contribution >= 0.6 is 11.6 Å². The van der Waals surface area contributed by atoms with Gasteiger partial charge in [0.1, 0.15) is 22.7 Å². The van der Waals surface area contributed by atoms with Crippen LogP contribution in [0.25, 0.3) is 6.08 Å². The first kappa shape index (κ1) is 17.2. The maximum absolute atomic E-state index is 13.3. The van der Waals surface area contributed by atoms with Crippen molar-refractivity contribution in [1.82, 2.24) is 0 Å². The van der Waals surface area contributed by atoms with Crippen LogP contribution in [-0.2, 0) is 4.79 Å². The van der Waals surface area contributed by atoms with E-state index in [0.29, 0.717) is 22.4 Å². The number of ketones is 1. The zero-order valence-electron chi connectivity index (χ0n) is 13.5. The standard InChI is InChI=1S/C19H14ClFO4/c1-10-15(25-19(23)11(2)20)7-6-14-17(22)16(24-18(10)14)9-12-4-3-5-13(21)8-12/h3-9,11H,1-2H3/b16-9-. The van der Waals surface area contributed by atoms with Crippen LogP contribution in [0.15, 0.2) is 42.2 Å². The fourth-order valence-corrected chi connectivity index (χ4v) is 2.46. The molecule has 6 heteroatoms. The van der Waals surface area contributed by atoms with Crippen molar-refractivity contribution in [1.29, 1.82) is 0 Å². The van der Waals surface area contributed by atoms with E-state index in [9.17, 15) is 14.0 Å². The molecule has 1 unspecified atom stereocenters. The molecule has 0 saturated carbocycles. The van der Waals surface area contributed by atoms with E-state index in [4.69, 9.17) is 21.1 Å². The molecule has 0 N–H and O–H groups in total. The Labute approximate surface area is 148 Å². The fourth-order valence-electron chi connectivity index (χ4n) is 2.42. The lowest BCUT2D eigenvalue weighted by Gasteiger charge is -2.10. The maximum Gasteiger partial charge on any atom is 0.329 e. The van der Waals surface area contributed by atoms with Gasteiger partial charge in [-0.2, -0.15) is 0 Å². The van der Waals surface area contributed by atoms with Crippen LogP contribution in [0.1, 0.15) is 28.4 Å². The van der Waals surface area contributed by atoms with E-state index in [-0.39, 0.29) is 17.3 Å². The number of benzene rings is 2. The van der Waals surface area contributed by atoms with Gasteiger partial charge in [0.2, 0.25) is 5.78 Å². The lowest BCUT2D eigenvalue weighted by molar-refractivity contribution is -0.133. The molecule has 4 nitrogen and oxygen atoms in total. The lowest BCUT2D eigenvalue weighted by Crippen LogP contribution is -2.18. The van der Waals surface area contributed by atoms with Crippen molar-refractivity contribution in [2.45, 2.75) is 19.2 Å². The Kier molecular flexibility index (Phi) is 4.59. The molecule has 0 aromatic heterocycles. The molecule has 0 saturated heterocycles. The molecule has 0 radical (unpaired) electrons. The Morgan fingerprint density at radius 2 is 2.08 bits per heavy atom. The van der Waals surface area contributed by atoms with Gasteiger partial charge in [0, 0.05) is 5.56 Å². The number of carbonyl (C=O) groups excluding carboxylic acids is 2. The summed E-state index contributed by atoms with van der Waals surface area (Å²) in [4.78, 5) is 24.1. The van der Waals surface area contributed by atoms with E-state index >= 15 is 0 Å². The van der Waals surface area contributed by atoms with E-state index in [1.54, 1.807) is 19.1 Å². The average Bonchev–Trinajstić information content (AvgIpc) is 2.87. The van der Waals surface area contributed by atoms with E-state index in [1.807, 2.05) is 0 Å². The molecule has 0 bridgehead atoms. The van der Waals surface area contributed by atoms with E-state index in [2.05, 4.69) is 0 Å². The summed E-state index contributed by atoms with van der Waals surface area (Å²) in [6.45, 7) is 3.19. The summed E-state index contributed by atoms with van der Waals surface area (Å²) in [5.74, 6) is -0.637. The van der Waals surface area contributed by atoms with Gasteiger partial charge in [-0.25, -0.2) is 4.39 Å². The summed E-state index contributed by atoms with van der Waals surface area (Å²) < 4.78 is 24.1. The van der Waals surface area contributed by atoms with Gasteiger partial charge in [-0.1, -0.05) is 12.1 Å². The van der Waals surface area contributed by atoms with Gasteiger partial charge >= 0.3 is 5.97 Å². The molecule has 0 aliphatic carbocycles. The largest absolute Gasteiger partial charge is 0.452 e. The van der Waals surface area contributed by atoms with Crippen molar-refractivity contribution < 1.29 is 23.5 Å². The van der Waals surface area contributed by atoms with Gasteiger partial charge < -0.3 is 9.47 Å². The maximum atomic E-state index is 13.3. The molecule has 3 rings (SSSR count). The molecular weight excluding hydrogens is 347 g/mol. The summed E-state index contributed by atoms with van der Waals surface area (Å²) in [6.07, 6.45) is 1.47. The molecule has 128 valence electrons. The summed E-state index contributed by atoms with van der Waals surface area (Å²) in [7, 11) is 0. The molecule has 2 aromatic carbocycles. The van der Waals surface area contributed by atoms with Crippen molar-refractivity contribution in [3.8, 4) is 11.5 Å². The van der Waals surface area contributed by atoms with Crippen LogP contribution in [0.4, 0.5) is 4.39 Å². The molecule has 1 heterocycles. The van der Waals surface area contributed by atoms with Gasteiger partial charge in [0.25, 0.3) is 0 Å². The van der Waals surface area contributed by atoms with Gasteiger partial charge in [0.05, 0.1) is 5.56 Å². The number of allylic oxidation sites excluding steroid dienone is 1. The molecule has 1 atom stereocenters. The van der Waals surface area contributed by atoms with Crippen LogP contribution in [-0.4, -0.2) is 17.1 Å². The number of carbonyl (C=O) groups is 2. The highest BCUT2D eigenvalue weighted by atomic mass is 35.5. The Morgan fingerprint density at radius 1 is 1.32 bits per heavy atom. The number of fused-ring (bicyclic) bond motifs is 1. The first-order valence-corrected chi connectivity index (χ1v) is 7.99. The average molecular weight is 361 g/mol. The molecule has 25 heavy (non-hydrogen) atoms. The highest BCUT2D eigenvalue weighted by molar-refractivity contribution is 6.29. The predicted molar refractivity (Wildman–Crippen MR) is 91.5 cm³/mol. The summed E-state index contributed by atoms with van der Waals surface area (Å²) in [5.41, 5.74) is 1.38. The van der Waals surface area contributed by atoms with Crippen molar-refractivity contribution in [3.63, 3.8) is 0 Å². The van der Waals surface area contributed by atoms with Crippen molar-refractivity contribution in [3.05, 3.63) is 64.7 Å². The SMILES string of the molecule is Cc1c(OC(=O)C(C)Cl)ccc2c1O/C(=C\c1cccc(F)c1)C2=O. The van der Waals surface area contributed by atoms with Gasteiger partial charge in [-0.3, -0.25) is 9.59 Å². The second kappa shape index (κ2) is 6.69. The topological polar surface area (TPSA) is 52.6 Å². The van der Waals surface area contributed by atoms with E-state index in [0.717, 1.165) is 0 Å². The van der Waals surface area contributed by atoms with Crippen LogP contribution in [0, 0.1) is 12.7 Å². The second-order valence-electron chi connectivity index (χ2n) is 5.60. The number of Topliss-reactive ketones (excluding diaryl/α,β-unsaturated/α-hetero) is 1. The number of esters is 1. The second-order valence-corrected chi connectivity index (χ2v) is 6.25. The minimum absolute atomic E-state index is 0.0814. The number of hydrogen-bond acceptors (Lipinski definition) is 4. The summed E-state index contributed by atoms with van der Waals surface area (Å²) in [5, 5.41) is -0.793. The Balaban J connectivity index is 1.93. The smallest absolute Gasteiger partial charge is 0.329 e. The van der Waals surface area contributed by atoms with Crippen molar-refractivity contribution >= 4 is 29.4 Å². The van der Waals surface area contributed by atoms with Gasteiger partial charge in [-0.05, 0) is 49.8 Å². The third-order valence-corrected chi connectivity index (χ3v) is 3.90. The predicted octanol–water partition coefficient (Wildman–Crippen LogP) is 4.28. The molecule has 1 aliphatic heterocycles. The molecule has 1 aliphatic rings. The monoisotopic (exact) mass is 360 g/mol. The molecule has 2 aromatic rings. The number of hydrogen-bond donors (Lipinski definition) is 0. The van der Waals surface area contributed by atoms with Gasteiger partial charge in [0.15, 0.2) is 5.76 Å². The normalized spacial score (nSPS) is 15.7. The van der Waals surface area contributed by atoms with Crippen LogP contribution in [0.2, 0.25) is 0 Å². The van der Waals surface area contributed by atoms with E-state index < -0.39 is 17.2 Å². The summed E-state index contributed by atoms with van der Waals surface area (Å²) in [6, 6.07) is 8.88. The number of ether oxygens (including phenoxy) is 2. The zero-order chi connectivity index (χ0) is 18.1. The molecule has 0 amide bonds. The first-order chi connectivity index (χ1) is 11.9.